The number of carbonyl (C=O) groups excluding carboxylic acids is 1. The number of hydrogen-bond acceptors (Lipinski definition) is 2. The van der Waals surface area contributed by atoms with Crippen LogP contribution >= 0.6 is 0 Å². The highest BCUT2D eigenvalue weighted by Crippen LogP contribution is 2.18. The molecule has 0 aromatic rings. The molecule has 18 heavy (non-hydrogen) atoms. The van der Waals surface area contributed by atoms with Crippen LogP contribution in [-0.2, 0) is 4.79 Å². The number of unbranched alkanes of at least 4 members (excludes halogenated alkanes) is 1. The fourth-order valence-corrected chi connectivity index (χ4v) is 2.79. The molecule has 1 N–H and O–H groups in total. The van der Waals surface area contributed by atoms with Crippen molar-refractivity contribution in [3.05, 3.63) is 0 Å². The van der Waals surface area contributed by atoms with Crippen molar-refractivity contribution in [2.24, 2.45) is 5.92 Å². The van der Waals surface area contributed by atoms with Crippen molar-refractivity contribution in [1.29, 1.82) is 0 Å². The number of nitrogens with one attached hydrogen (secondary N) is 1. The number of amides is 1. The van der Waals surface area contributed by atoms with Gasteiger partial charge in [0.2, 0.25) is 5.91 Å². The number of likely N-dealkylation sites (N-methyl/N-ethyl adjacent to an activating group) is 1. The van der Waals surface area contributed by atoms with Crippen LogP contribution in [0.3, 0.4) is 0 Å². The van der Waals surface area contributed by atoms with Crippen molar-refractivity contribution in [3.63, 3.8) is 0 Å². The Balaban J connectivity index is 2.45. The van der Waals surface area contributed by atoms with Crippen LogP contribution in [0.15, 0.2) is 0 Å². The summed E-state index contributed by atoms with van der Waals surface area (Å²) in [7, 11) is 0. The Morgan fingerprint density at radius 2 is 2.17 bits per heavy atom. The largest absolute Gasteiger partial charge is 0.341 e. The van der Waals surface area contributed by atoms with Gasteiger partial charge in [0.25, 0.3) is 0 Å². The summed E-state index contributed by atoms with van der Waals surface area (Å²) in [4.78, 5) is 14.4. The molecule has 1 aliphatic heterocycles. The zero-order valence-corrected chi connectivity index (χ0v) is 12.4. The summed E-state index contributed by atoms with van der Waals surface area (Å²) in [5, 5.41) is 3.31. The van der Waals surface area contributed by atoms with Gasteiger partial charge in [-0.25, -0.2) is 0 Å². The maximum absolute atomic E-state index is 12.3. The van der Waals surface area contributed by atoms with E-state index in [0.29, 0.717) is 11.8 Å². The predicted molar refractivity (Wildman–Crippen MR) is 76.6 cm³/mol. The van der Waals surface area contributed by atoms with Gasteiger partial charge in [-0.1, -0.05) is 40.0 Å². The summed E-state index contributed by atoms with van der Waals surface area (Å²) < 4.78 is 0. The van der Waals surface area contributed by atoms with Gasteiger partial charge in [-0.05, 0) is 31.7 Å². The summed E-state index contributed by atoms with van der Waals surface area (Å²) >= 11 is 0. The standard InChI is InChI=1S/C15H30N2O/c1-4-7-9-13(5-2)12-17-11-8-10-14(15(17)18)16-6-3/h13-14,16H,4-12H2,1-3H3. The van der Waals surface area contributed by atoms with Crippen molar-refractivity contribution in [2.45, 2.75) is 65.3 Å². The fraction of sp³-hybridized carbons (Fsp3) is 0.933. The third-order valence-corrected chi connectivity index (χ3v) is 4.00. The molecule has 0 bridgehead atoms. The normalized spacial score (nSPS) is 22.3. The van der Waals surface area contributed by atoms with Crippen LogP contribution in [0.4, 0.5) is 0 Å². The first-order valence-corrected chi connectivity index (χ1v) is 7.75. The second-order valence-electron chi connectivity index (χ2n) is 5.45. The predicted octanol–water partition coefficient (Wildman–Crippen LogP) is 2.80. The van der Waals surface area contributed by atoms with E-state index >= 15 is 0 Å². The molecule has 3 heteroatoms. The van der Waals surface area contributed by atoms with Gasteiger partial charge < -0.3 is 10.2 Å². The SMILES string of the molecule is CCCCC(CC)CN1CCCC(NCC)C1=O. The molecule has 1 saturated heterocycles. The number of carbonyl (C=O) groups is 1. The summed E-state index contributed by atoms with van der Waals surface area (Å²) in [5.41, 5.74) is 0. The molecule has 1 heterocycles. The van der Waals surface area contributed by atoms with Crippen molar-refractivity contribution in [1.82, 2.24) is 10.2 Å². The Morgan fingerprint density at radius 1 is 1.39 bits per heavy atom. The Kier molecular flexibility index (Phi) is 7.33. The maximum atomic E-state index is 12.3. The molecule has 106 valence electrons. The maximum Gasteiger partial charge on any atom is 0.239 e. The van der Waals surface area contributed by atoms with Crippen LogP contribution in [0.25, 0.3) is 0 Å². The lowest BCUT2D eigenvalue weighted by Crippen LogP contribution is -2.51. The van der Waals surface area contributed by atoms with E-state index in [1.807, 2.05) is 0 Å². The zero-order valence-electron chi connectivity index (χ0n) is 12.4. The average Bonchev–Trinajstić information content (AvgIpc) is 2.39. The molecule has 1 amide bonds. The highest BCUT2D eigenvalue weighted by molar-refractivity contribution is 5.82. The molecule has 1 aliphatic rings. The van der Waals surface area contributed by atoms with E-state index < -0.39 is 0 Å². The molecule has 0 spiro atoms. The topological polar surface area (TPSA) is 32.3 Å². The van der Waals surface area contributed by atoms with Crippen LogP contribution in [-0.4, -0.2) is 36.5 Å². The Hall–Kier alpha value is -0.570. The first kappa shape index (κ1) is 15.5. The van der Waals surface area contributed by atoms with Gasteiger partial charge in [0, 0.05) is 13.1 Å². The molecule has 3 nitrogen and oxygen atoms in total. The van der Waals surface area contributed by atoms with Crippen LogP contribution in [0.2, 0.25) is 0 Å². The van der Waals surface area contributed by atoms with E-state index in [9.17, 15) is 4.79 Å². The summed E-state index contributed by atoms with van der Waals surface area (Å²) in [6.45, 7) is 9.37. The minimum absolute atomic E-state index is 0.0763. The molecule has 0 aromatic heterocycles. The zero-order chi connectivity index (χ0) is 13.4. The Bertz CT molecular complexity index is 241. The monoisotopic (exact) mass is 254 g/mol. The van der Waals surface area contributed by atoms with Gasteiger partial charge in [-0.2, -0.15) is 0 Å². The van der Waals surface area contributed by atoms with E-state index in [0.717, 1.165) is 32.5 Å². The van der Waals surface area contributed by atoms with Gasteiger partial charge in [0.15, 0.2) is 0 Å². The number of piperidine rings is 1. The summed E-state index contributed by atoms with van der Waals surface area (Å²) in [6, 6.07) is 0.0763. The Labute approximate surface area is 112 Å². The molecule has 1 rings (SSSR count). The molecular formula is C15H30N2O. The molecule has 0 radical (unpaired) electrons. The van der Waals surface area contributed by atoms with E-state index in [2.05, 4.69) is 31.0 Å². The van der Waals surface area contributed by atoms with Gasteiger partial charge in [0.05, 0.1) is 6.04 Å². The van der Waals surface area contributed by atoms with Gasteiger partial charge in [-0.3, -0.25) is 4.79 Å². The minimum atomic E-state index is 0.0763. The molecule has 2 atom stereocenters. The summed E-state index contributed by atoms with van der Waals surface area (Å²) in [6.07, 6.45) is 7.16. The molecule has 0 aliphatic carbocycles. The van der Waals surface area contributed by atoms with E-state index in [1.165, 1.54) is 25.7 Å². The molecular weight excluding hydrogens is 224 g/mol. The van der Waals surface area contributed by atoms with Gasteiger partial charge in [0.1, 0.15) is 0 Å². The third-order valence-electron chi connectivity index (χ3n) is 4.00. The Morgan fingerprint density at radius 3 is 2.78 bits per heavy atom. The van der Waals surface area contributed by atoms with E-state index in [4.69, 9.17) is 0 Å². The third kappa shape index (κ3) is 4.60. The lowest BCUT2D eigenvalue weighted by Gasteiger charge is -2.35. The summed E-state index contributed by atoms with van der Waals surface area (Å²) in [5.74, 6) is 1.02. The number of hydrogen-bond donors (Lipinski definition) is 1. The fourth-order valence-electron chi connectivity index (χ4n) is 2.79. The molecule has 2 unspecified atom stereocenters. The van der Waals surface area contributed by atoms with Crippen LogP contribution in [0.5, 0.6) is 0 Å². The quantitative estimate of drug-likeness (QED) is 0.722. The van der Waals surface area contributed by atoms with Crippen molar-refractivity contribution in [3.8, 4) is 0 Å². The smallest absolute Gasteiger partial charge is 0.239 e. The van der Waals surface area contributed by atoms with E-state index in [-0.39, 0.29) is 6.04 Å². The highest BCUT2D eigenvalue weighted by Gasteiger charge is 2.28. The lowest BCUT2D eigenvalue weighted by atomic mass is 9.96. The molecule has 0 aromatic carbocycles. The molecule has 0 saturated carbocycles. The van der Waals surface area contributed by atoms with Gasteiger partial charge >= 0.3 is 0 Å². The van der Waals surface area contributed by atoms with Crippen molar-refractivity contribution >= 4 is 5.91 Å². The van der Waals surface area contributed by atoms with Crippen LogP contribution < -0.4 is 5.32 Å². The van der Waals surface area contributed by atoms with Crippen LogP contribution in [0, 0.1) is 5.92 Å². The van der Waals surface area contributed by atoms with E-state index in [1.54, 1.807) is 0 Å². The number of likely N-dealkylation sites (tertiary alicyclic amines) is 1. The highest BCUT2D eigenvalue weighted by atomic mass is 16.2. The second kappa shape index (κ2) is 8.52. The van der Waals surface area contributed by atoms with Crippen molar-refractivity contribution in [2.75, 3.05) is 19.6 Å². The average molecular weight is 254 g/mol. The minimum Gasteiger partial charge on any atom is -0.341 e. The number of nitrogens with zero attached hydrogens (tertiary/aromatic N) is 1. The second-order valence-corrected chi connectivity index (χ2v) is 5.45. The number of rotatable bonds is 8. The first-order chi connectivity index (χ1) is 8.72. The van der Waals surface area contributed by atoms with Gasteiger partial charge in [-0.15, -0.1) is 0 Å². The van der Waals surface area contributed by atoms with Crippen molar-refractivity contribution < 1.29 is 4.79 Å². The lowest BCUT2D eigenvalue weighted by molar-refractivity contribution is -0.136. The first-order valence-electron chi connectivity index (χ1n) is 7.75. The van der Waals surface area contributed by atoms with Crippen LogP contribution in [0.1, 0.15) is 59.3 Å². The molecule has 1 fully saturated rings.